The molecule has 0 bridgehead atoms. The van der Waals surface area contributed by atoms with Crippen molar-refractivity contribution in [2.75, 3.05) is 25.5 Å². The summed E-state index contributed by atoms with van der Waals surface area (Å²) in [6, 6.07) is 19.8. The first kappa shape index (κ1) is 23.0. The summed E-state index contributed by atoms with van der Waals surface area (Å²) in [5, 5.41) is 8.47. The molecule has 0 unspecified atom stereocenters. The minimum Gasteiger partial charge on any atom is -0.445 e. The zero-order chi connectivity index (χ0) is 25.2. The molecule has 1 saturated heterocycles. The Bertz CT molecular complexity index is 1500. The van der Waals surface area contributed by atoms with Gasteiger partial charge in [-0.2, -0.15) is 5.10 Å². The first-order chi connectivity index (χ1) is 18.2. The average molecular weight is 497 g/mol. The fraction of sp³-hybridized carbons (Fsp3) is 0.259. The van der Waals surface area contributed by atoms with Crippen molar-refractivity contribution in [2.45, 2.75) is 25.4 Å². The summed E-state index contributed by atoms with van der Waals surface area (Å²) in [6.45, 7) is 2.34. The van der Waals surface area contributed by atoms with Crippen LogP contribution < -0.4 is 11.1 Å². The molecule has 1 fully saturated rings. The van der Waals surface area contributed by atoms with Gasteiger partial charge in [-0.05, 0) is 30.5 Å². The molecule has 4 heterocycles. The lowest BCUT2D eigenvalue weighted by Gasteiger charge is -2.31. The van der Waals surface area contributed by atoms with Crippen molar-refractivity contribution in [1.82, 2.24) is 34.8 Å². The van der Waals surface area contributed by atoms with Gasteiger partial charge in [0, 0.05) is 29.9 Å². The minimum absolute atomic E-state index is 0.209. The molecule has 1 aliphatic rings. The average Bonchev–Trinajstić information content (AvgIpc) is 3.54. The molecule has 0 saturated carbocycles. The van der Waals surface area contributed by atoms with Crippen LogP contribution in [0, 0.1) is 0 Å². The van der Waals surface area contributed by atoms with Crippen LogP contribution >= 0.6 is 0 Å². The van der Waals surface area contributed by atoms with E-state index in [1.165, 1.54) is 6.33 Å². The molecule has 3 aromatic heterocycles. The number of hydrogen-bond acceptors (Lipinski definition) is 7. The normalized spacial score (nSPS) is 14.8. The Morgan fingerprint density at radius 2 is 1.89 bits per heavy atom. The number of aromatic nitrogens is 5. The van der Waals surface area contributed by atoms with Crippen LogP contribution in [0.5, 0.6) is 0 Å². The van der Waals surface area contributed by atoms with E-state index in [-0.39, 0.29) is 12.5 Å². The Labute approximate surface area is 213 Å². The standard InChI is InChI=1S/C27H28N8O2/c28-25-24-23(22-14-20-8-4-5-9-21(20)32-22)33-26(35(24)31-16-29-25)19-10-12-34(13-11-19)17-30-27(36)37-15-18-6-2-1-3-7-18/h1-9,14,16,19,32H,10-13,15,17H2,(H,30,36)(H2,28,29,31). The summed E-state index contributed by atoms with van der Waals surface area (Å²) in [5.41, 5.74) is 10.7. The van der Waals surface area contributed by atoms with Crippen LogP contribution in [0.2, 0.25) is 0 Å². The van der Waals surface area contributed by atoms with Gasteiger partial charge in [0.15, 0.2) is 5.82 Å². The molecule has 0 radical (unpaired) electrons. The number of aromatic amines is 1. The second-order valence-corrected chi connectivity index (χ2v) is 9.28. The Kier molecular flexibility index (Phi) is 6.15. The lowest BCUT2D eigenvalue weighted by atomic mass is 9.96. The number of imidazole rings is 1. The smallest absolute Gasteiger partial charge is 0.408 e. The second-order valence-electron chi connectivity index (χ2n) is 9.28. The third kappa shape index (κ3) is 4.70. The SMILES string of the molecule is Nc1ncnn2c(C3CCN(CNC(=O)OCc4ccccc4)CC3)nc(-c3cc4ccccc4[nH]3)c12. The van der Waals surface area contributed by atoms with Crippen LogP contribution in [0.3, 0.4) is 0 Å². The molecule has 1 aliphatic heterocycles. The molecule has 0 atom stereocenters. The number of carbonyl (C=O) groups is 1. The van der Waals surface area contributed by atoms with Gasteiger partial charge in [-0.15, -0.1) is 0 Å². The predicted octanol–water partition coefficient (Wildman–Crippen LogP) is 3.92. The van der Waals surface area contributed by atoms with Crippen LogP contribution in [-0.4, -0.2) is 55.3 Å². The first-order valence-corrected chi connectivity index (χ1v) is 12.4. The molecule has 2 aromatic carbocycles. The number of amides is 1. The van der Waals surface area contributed by atoms with Gasteiger partial charge < -0.3 is 20.8 Å². The lowest BCUT2D eigenvalue weighted by molar-refractivity contribution is 0.125. The molecule has 4 N–H and O–H groups in total. The summed E-state index contributed by atoms with van der Waals surface area (Å²) in [7, 11) is 0. The number of ether oxygens (including phenoxy) is 1. The largest absolute Gasteiger partial charge is 0.445 e. The quantitative estimate of drug-likeness (QED) is 0.325. The van der Waals surface area contributed by atoms with Crippen molar-refractivity contribution in [3.63, 3.8) is 0 Å². The maximum absolute atomic E-state index is 12.1. The van der Waals surface area contributed by atoms with Crippen molar-refractivity contribution >= 4 is 28.3 Å². The fourth-order valence-corrected chi connectivity index (χ4v) is 4.93. The van der Waals surface area contributed by atoms with Crippen LogP contribution in [0.25, 0.3) is 27.8 Å². The lowest BCUT2D eigenvalue weighted by Crippen LogP contribution is -2.42. The van der Waals surface area contributed by atoms with Crippen molar-refractivity contribution in [3.8, 4) is 11.4 Å². The van der Waals surface area contributed by atoms with E-state index in [2.05, 4.69) is 37.4 Å². The highest BCUT2D eigenvalue weighted by Gasteiger charge is 2.28. The van der Waals surface area contributed by atoms with Gasteiger partial charge in [0.2, 0.25) is 0 Å². The van der Waals surface area contributed by atoms with E-state index in [0.717, 1.165) is 59.6 Å². The summed E-state index contributed by atoms with van der Waals surface area (Å²) in [4.78, 5) is 27.0. The Morgan fingerprint density at radius 3 is 2.70 bits per heavy atom. The molecule has 0 spiro atoms. The third-order valence-corrected chi connectivity index (χ3v) is 6.88. The molecule has 0 aliphatic carbocycles. The first-order valence-electron chi connectivity index (χ1n) is 12.4. The number of rotatable bonds is 6. The summed E-state index contributed by atoms with van der Waals surface area (Å²) < 4.78 is 7.15. The van der Waals surface area contributed by atoms with Crippen LogP contribution in [0.15, 0.2) is 67.0 Å². The molecule has 10 nitrogen and oxygen atoms in total. The van der Waals surface area contributed by atoms with E-state index in [0.29, 0.717) is 18.0 Å². The number of anilines is 1. The van der Waals surface area contributed by atoms with Gasteiger partial charge in [-0.25, -0.2) is 19.3 Å². The Morgan fingerprint density at radius 1 is 1.11 bits per heavy atom. The molecule has 5 aromatic rings. The number of H-pyrrole nitrogens is 1. The van der Waals surface area contributed by atoms with E-state index in [1.54, 1.807) is 0 Å². The number of likely N-dealkylation sites (tertiary alicyclic amines) is 1. The number of nitrogens with one attached hydrogen (secondary N) is 2. The van der Waals surface area contributed by atoms with Gasteiger partial charge in [-0.3, -0.25) is 4.90 Å². The second kappa shape index (κ2) is 9.90. The van der Waals surface area contributed by atoms with Gasteiger partial charge in [0.05, 0.1) is 12.4 Å². The third-order valence-electron chi connectivity index (χ3n) is 6.88. The highest BCUT2D eigenvalue weighted by Crippen LogP contribution is 2.34. The van der Waals surface area contributed by atoms with E-state index < -0.39 is 6.09 Å². The molecule has 188 valence electrons. The number of hydrogen-bond donors (Lipinski definition) is 3. The predicted molar refractivity (Wildman–Crippen MR) is 141 cm³/mol. The monoisotopic (exact) mass is 496 g/mol. The van der Waals surface area contributed by atoms with E-state index in [9.17, 15) is 4.79 Å². The fourth-order valence-electron chi connectivity index (χ4n) is 4.93. The van der Waals surface area contributed by atoms with Gasteiger partial charge in [0.1, 0.15) is 30.0 Å². The van der Waals surface area contributed by atoms with Crippen molar-refractivity contribution < 1.29 is 9.53 Å². The number of para-hydroxylation sites is 1. The number of nitrogens with two attached hydrogens (primary N) is 1. The zero-order valence-corrected chi connectivity index (χ0v) is 20.3. The number of piperidine rings is 1. The minimum atomic E-state index is -0.416. The molecule has 6 rings (SSSR count). The zero-order valence-electron chi connectivity index (χ0n) is 20.3. The van der Waals surface area contributed by atoms with Crippen LogP contribution in [0.1, 0.15) is 30.1 Å². The summed E-state index contributed by atoms with van der Waals surface area (Å²) >= 11 is 0. The van der Waals surface area contributed by atoms with Crippen LogP contribution in [-0.2, 0) is 11.3 Å². The van der Waals surface area contributed by atoms with Gasteiger partial charge >= 0.3 is 6.09 Å². The number of benzene rings is 2. The highest BCUT2D eigenvalue weighted by molar-refractivity contribution is 5.91. The van der Waals surface area contributed by atoms with Crippen molar-refractivity contribution in [1.29, 1.82) is 0 Å². The van der Waals surface area contributed by atoms with Crippen molar-refractivity contribution in [3.05, 3.63) is 78.4 Å². The highest BCUT2D eigenvalue weighted by atomic mass is 16.5. The Hall–Kier alpha value is -4.44. The number of carbonyl (C=O) groups excluding carboxylic acids is 1. The number of fused-ring (bicyclic) bond motifs is 2. The molecular formula is C27H28N8O2. The summed E-state index contributed by atoms with van der Waals surface area (Å²) in [5.74, 6) is 1.49. The van der Waals surface area contributed by atoms with E-state index in [4.69, 9.17) is 15.5 Å². The molecule has 37 heavy (non-hydrogen) atoms. The Balaban J connectivity index is 1.13. The van der Waals surface area contributed by atoms with Gasteiger partial charge in [0.25, 0.3) is 0 Å². The van der Waals surface area contributed by atoms with Crippen LogP contribution in [0.4, 0.5) is 10.6 Å². The summed E-state index contributed by atoms with van der Waals surface area (Å²) in [6.07, 6.45) is 2.83. The molecule has 1 amide bonds. The molecular weight excluding hydrogens is 468 g/mol. The van der Waals surface area contributed by atoms with E-state index >= 15 is 0 Å². The van der Waals surface area contributed by atoms with E-state index in [1.807, 2.05) is 53.0 Å². The molecule has 10 heteroatoms. The number of nitrogens with zero attached hydrogens (tertiary/aromatic N) is 5. The topological polar surface area (TPSA) is 126 Å². The maximum atomic E-state index is 12.1. The number of nitrogen functional groups attached to an aromatic ring is 1. The van der Waals surface area contributed by atoms with Gasteiger partial charge in [-0.1, -0.05) is 48.5 Å². The number of alkyl carbamates (subject to hydrolysis) is 1. The van der Waals surface area contributed by atoms with Crippen molar-refractivity contribution in [2.24, 2.45) is 0 Å². The maximum Gasteiger partial charge on any atom is 0.408 e.